The third-order valence-electron chi connectivity index (χ3n) is 4.71. The molecule has 2 aliphatic heterocycles. The van der Waals surface area contributed by atoms with Crippen LogP contribution in [0.5, 0.6) is 0 Å². The minimum atomic E-state index is -0.959. The quantitative estimate of drug-likeness (QED) is 0.534. The summed E-state index contributed by atoms with van der Waals surface area (Å²) in [6.07, 6.45) is 0. The molecule has 1 spiro atoms. The van der Waals surface area contributed by atoms with Crippen molar-refractivity contribution in [3.05, 3.63) is 70.2 Å². The van der Waals surface area contributed by atoms with Crippen molar-refractivity contribution in [3.63, 3.8) is 0 Å². The lowest BCUT2D eigenvalue weighted by Crippen LogP contribution is -2.49. The number of hydrogen-bond donors (Lipinski definition) is 0. The van der Waals surface area contributed by atoms with E-state index in [4.69, 9.17) is 16.3 Å². The average Bonchev–Trinajstić information content (AvgIpc) is 3.27. The monoisotopic (exact) mass is 473 g/mol. The number of ketones is 1. The van der Waals surface area contributed by atoms with Gasteiger partial charge < -0.3 is 9.64 Å². The van der Waals surface area contributed by atoms with E-state index in [1.54, 1.807) is 31.0 Å². The van der Waals surface area contributed by atoms with Crippen LogP contribution in [0.25, 0.3) is 0 Å². The number of hydrogen-bond acceptors (Lipinski definition) is 8. The summed E-state index contributed by atoms with van der Waals surface area (Å²) < 4.78 is 4.27. The van der Waals surface area contributed by atoms with E-state index in [1.807, 2.05) is 54.3 Å². The topological polar surface area (TPSA) is 62.2 Å². The molecule has 9 heteroatoms. The SMILES string of the molecule is CCOC(=O)C1=NN(c2cccc(Cl)c2)C2(S1)SC(C(C)=O)=C(C)N2c1ccccc1. The first-order valence-electron chi connectivity index (χ1n) is 9.64. The third kappa shape index (κ3) is 3.84. The Kier molecular flexibility index (Phi) is 6.05. The minimum absolute atomic E-state index is 0.0449. The van der Waals surface area contributed by atoms with Gasteiger partial charge >= 0.3 is 5.97 Å². The lowest BCUT2D eigenvalue weighted by atomic mass is 10.2. The van der Waals surface area contributed by atoms with Crippen LogP contribution in [-0.4, -0.2) is 27.7 Å². The Bertz CT molecular complexity index is 1110. The van der Waals surface area contributed by atoms with E-state index in [0.717, 1.165) is 11.4 Å². The van der Waals surface area contributed by atoms with Gasteiger partial charge in [0.25, 0.3) is 0 Å². The van der Waals surface area contributed by atoms with Gasteiger partial charge in [0.1, 0.15) is 0 Å². The molecule has 4 rings (SSSR count). The number of thioether (sulfide) groups is 2. The van der Waals surface area contributed by atoms with Gasteiger partial charge in [0.2, 0.25) is 9.37 Å². The van der Waals surface area contributed by atoms with Gasteiger partial charge in [0.05, 0.1) is 17.2 Å². The number of esters is 1. The van der Waals surface area contributed by atoms with Crippen molar-refractivity contribution in [1.82, 2.24) is 0 Å². The molecule has 0 saturated carbocycles. The van der Waals surface area contributed by atoms with Gasteiger partial charge in [-0.2, -0.15) is 5.10 Å². The molecule has 31 heavy (non-hydrogen) atoms. The molecule has 2 aromatic carbocycles. The number of benzene rings is 2. The highest BCUT2D eigenvalue weighted by molar-refractivity contribution is 8.29. The van der Waals surface area contributed by atoms with E-state index in [-0.39, 0.29) is 17.4 Å². The van der Waals surface area contributed by atoms with Gasteiger partial charge in [-0.05, 0) is 62.9 Å². The fraction of sp³-hybridized carbons (Fsp3) is 0.227. The maximum Gasteiger partial charge on any atom is 0.365 e. The Morgan fingerprint density at radius 3 is 2.45 bits per heavy atom. The second-order valence-corrected chi connectivity index (χ2v) is 9.85. The predicted molar refractivity (Wildman–Crippen MR) is 128 cm³/mol. The zero-order valence-corrected chi connectivity index (χ0v) is 19.6. The van der Waals surface area contributed by atoms with Crippen molar-refractivity contribution in [2.45, 2.75) is 25.1 Å². The largest absolute Gasteiger partial charge is 0.461 e. The van der Waals surface area contributed by atoms with Gasteiger partial charge in [-0.15, -0.1) is 0 Å². The van der Waals surface area contributed by atoms with Crippen LogP contribution < -0.4 is 9.91 Å². The van der Waals surface area contributed by atoms with Gasteiger partial charge in [-0.3, -0.25) is 4.79 Å². The number of Topliss-reactive ketones (excluding diaryl/α,β-unsaturated/α-hetero) is 1. The molecule has 1 atom stereocenters. The fourth-order valence-corrected chi connectivity index (χ4v) is 6.61. The Morgan fingerprint density at radius 2 is 1.81 bits per heavy atom. The van der Waals surface area contributed by atoms with E-state index in [1.165, 1.54) is 23.5 Å². The van der Waals surface area contributed by atoms with Gasteiger partial charge in [-0.25, -0.2) is 9.80 Å². The number of halogens is 1. The molecule has 6 nitrogen and oxygen atoms in total. The van der Waals surface area contributed by atoms with Gasteiger partial charge in [0, 0.05) is 16.4 Å². The van der Waals surface area contributed by atoms with Crippen molar-refractivity contribution in [2.24, 2.45) is 5.10 Å². The Balaban J connectivity index is 1.90. The number of rotatable bonds is 5. The zero-order chi connectivity index (χ0) is 22.2. The summed E-state index contributed by atoms with van der Waals surface area (Å²) in [4.78, 5) is 27.8. The first-order valence-corrected chi connectivity index (χ1v) is 11.6. The summed E-state index contributed by atoms with van der Waals surface area (Å²) >= 11 is 8.90. The molecule has 0 radical (unpaired) electrons. The van der Waals surface area contributed by atoms with Crippen LogP contribution in [0.4, 0.5) is 11.4 Å². The summed E-state index contributed by atoms with van der Waals surface area (Å²) in [6.45, 7) is 5.45. The second-order valence-electron chi connectivity index (χ2n) is 6.81. The highest BCUT2D eigenvalue weighted by Gasteiger charge is 2.57. The summed E-state index contributed by atoms with van der Waals surface area (Å²) in [5.41, 5.74) is 2.37. The van der Waals surface area contributed by atoms with E-state index >= 15 is 0 Å². The second kappa shape index (κ2) is 8.61. The van der Waals surface area contributed by atoms with Crippen molar-refractivity contribution < 1.29 is 14.3 Å². The molecule has 1 unspecified atom stereocenters. The molecule has 0 aromatic heterocycles. The van der Waals surface area contributed by atoms with E-state index < -0.39 is 10.3 Å². The zero-order valence-electron chi connectivity index (χ0n) is 17.2. The van der Waals surface area contributed by atoms with Crippen molar-refractivity contribution in [1.29, 1.82) is 0 Å². The number of anilines is 2. The predicted octanol–water partition coefficient (Wildman–Crippen LogP) is 5.46. The molecule has 0 N–H and O–H groups in total. The first kappa shape index (κ1) is 21.8. The van der Waals surface area contributed by atoms with Crippen molar-refractivity contribution in [3.8, 4) is 0 Å². The van der Waals surface area contributed by atoms with E-state index in [0.29, 0.717) is 15.6 Å². The average molecular weight is 474 g/mol. The van der Waals surface area contributed by atoms with Gasteiger partial charge in [-0.1, -0.05) is 47.6 Å². The standard InChI is InChI=1S/C22H20ClN3O3S2/c1-4-29-21(28)20-24-26(18-12-8-9-16(23)13-18)22(31-20)25(17-10-6-5-7-11-17)14(2)19(30-22)15(3)27/h5-13H,4H2,1-3H3. The molecule has 2 heterocycles. The minimum Gasteiger partial charge on any atom is -0.461 e. The summed E-state index contributed by atoms with van der Waals surface area (Å²) in [5.74, 6) is -0.546. The molecule has 0 aliphatic carbocycles. The van der Waals surface area contributed by atoms with E-state index in [9.17, 15) is 9.59 Å². The molecule has 0 bridgehead atoms. The number of carbonyl (C=O) groups is 2. The van der Waals surface area contributed by atoms with Crippen LogP contribution in [0.15, 0.2) is 70.3 Å². The maximum absolute atomic E-state index is 12.6. The first-order chi connectivity index (χ1) is 14.9. The van der Waals surface area contributed by atoms with Crippen LogP contribution in [0.3, 0.4) is 0 Å². The molecule has 2 aromatic rings. The van der Waals surface area contributed by atoms with Crippen LogP contribution in [0, 0.1) is 0 Å². The van der Waals surface area contributed by atoms with Crippen molar-refractivity contribution in [2.75, 3.05) is 16.5 Å². The fourth-order valence-electron chi connectivity index (χ4n) is 3.48. The Labute approximate surface area is 194 Å². The lowest BCUT2D eigenvalue weighted by molar-refractivity contribution is -0.134. The molecular formula is C22H20ClN3O3S2. The van der Waals surface area contributed by atoms with Crippen LogP contribution in [0.2, 0.25) is 5.02 Å². The number of nitrogens with zero attached hydrogens (tertiary/aromatic N) is 3. The number of hydrazone groups is 1. The van der Waals surface area contributed by atoms with Crippen LogP contribution in [0.1, 0.15) is 20.8 Å². The Morgan fingerprint density at radius 1 is 1.10 bits per heavy atom. The summed E-state index contributed by atoms with van der Waals surface area (Å²) in [5, 5.41) is 7.14. The third-order valence-corrected chi connectivity index (χ3v) is 7.91. The molecule has 0 fully saturated rings. The van der Waals surface area contributed by atoms with Crippen LogP contribution in [-0.2, 0) is 14.3 Å². The number of para-hydroxylation sites is 1. The molecule has 160 valence electrons. The molecular weight excluding hydrogens is 454 g/mol. The summed E-state index contributed by atoms with van der Waals surface area (Å²) in [7, 11) is 0. The van der Waals surface area contributed by atoms with Gasteiger partial charge in [0.15, 0.2) is 5.78 Å². The number of ether oxygens (including phenoxy) is 1. The van der Waals surface area contributed by atoms with Crippen molar-refractivity contribution >= 4 is 63.3 Å². The summed E-state index contributed by atoms with van der Waals surface area (Å²) in [6, 6.07) is 17.0. The number of allylic oxidation sites excluding steroid dienone is 2. The van der Waals surface area contributed by atoms with Crippen LogP contribution >= 0.6 is 35.1 Å². The maximum atomic E-state index is 12.6. The normalized spacial score (nSPS) is 20.5. The highest BCUT2D eigenvalue weighted by Crippen LogP contribution is 2.60. The smallest absolute Gasteiger partial charge is 0.365 e. The number of carbonyl (C=O) groups excluding carboxylic acids is 2. The van der Waals surface area contributed by atoms with E-state index in [2.05, 4.69) is 5.10 Å². The lowest BCUT2D eigenvalue weighted by Gasteiger charge is -2.41. The molecule has 2 aliphatic rings. The molecule has 0 saturated heterocycles. The highest BCUT2D eigenvalue weighted by atomic mass is 35.5. The molecule has 0 amide bonds. The Hall–Kier alpha value is -2.42.